The lowest BCUT2D eigenvalue weighted by Crippen LogP contribution is -2.22. The number of nitrogens with two attached hydrogens (primary N) is 1. The first-order valence-corrected chi connectivity index (χ1v) is 8.04. The SMILES string of the molecule is Nc1nc2cc(-c3ccn[nH]3)ccc2c2nn(C3COCC3O)cc12. The summed E-state index contributed by atoms with van der Waals surface area (Å²) in [4.78, 5) is 4.53. The Hall–Kier alpha value is -2.97. The van der Waals surface area contributed by atoms with Crippen LogP contribution in [-0.2, 0) is 4.74 Å². The number of aromatic nitrogens is 5. The molecule has 4 heterocycles. The fraction of sp³-hybridized carbons (Fsp3) is 0.235. The lowest BCUT2D eigenvalue weighted by atomic mass is 10.1. The van der Waals surface area contributed by atoms with Crippen molar-refractivity contribution < 1.29 is 9.84 Å². The summed E-state index contributed by atoms with van der Waals surface area (Å²) < 4.78 is 7.07. The Morgan fingerprint density at radius 3 is 2.92 bits per heavy atom. The second-order valence-electron chi connectivity index (χ2n) is 6.24. The molecule has 8 nitrogen and oxygen atoms in total. The molecular weight excluding hydrogens is 320 g/mol. The highest BCUT2D eigenvalue weighted by Crippen LogP contribution is 2.31. The van der Waals surface area contributed by atoms with Crippen molar-refractivity contribution in [1.82, 2.24) is 25.0 Å². The summed E-state index contributed by atoms with van der Waals surface area (Å²) in [6, 6.07) is 7.65. The minimum atomic E-state index is -0.568. The van der Waals surface area contributed by atoms with Crippen LogP contribution in [0.3, 0.4) is 0 Å². The van der Waals surface area contributed by atoms with Gasteiger partial charge in [0.2, 0.25) is 0 Å². The molecule has 1 fully saturated rings. The zero-order valence-electron chi connectivity index (χ0n) is 13.3. The number of nitrogens with zero attached hydrogens (tertiary/aromatic N) is 4. The number of anilines is 1. The van der Waals surface area contributed by atoms with Gasteiger partial charge >= 0.3 is 0 Å². The minimum Gasteiger partial charge on any atom is -0.388 e. The number of nitrogen functional groups attached to an aromatic ring is 1. The molecule has 3 aromatic heterocycles. The highest BCUT2D eigenvalue weighted by molar-refractivity contribution is 6.08. The van der Waals surface area contributed by atoms with E-state index in [4.69, 9.17) is 10.5 Å². The number of hydrogen-bond acceptors (Lipinski definition) is 6. The van der Waals surface area contributed by atoms with Crippen LogP contribution in [0.25, 0.3) is 33.1 Å². The Bertz CT molecular complexity index is 1070. The first kappa shape index (κ1) is 14.4. The van der Waals surface area contributed by atoms with Crippen molar-refractivity contribution in [2.24, 2.45) is 0 Å². The van der Waals surface area contributed by atoms with Crippen molar-refractivity contribution in [3.63, 3.8) is 0 Å². The number of rotatable bonds is 2. The van der Waals surface area contributed by atoms with Gasteiger partial charge in [-0.15, -0.1) is 0 Å². The molecule has 2 unspecified atom stereocenters. The normalized spacial score (nSPS) is 20.7. The van der Waals surface area contributed by atoms with Gasteiger partial charge in [-0.3, -0.25) is 9.78 Å². The summed E-state index contributed by atoms with van der Waals surface area (Å²) in [5.41, 5.74) is 9.60. The Labute approximate surface area is 142 Å². The van der Waals surface area contributed by atoms with E-state index in [1.807, 2.05) is 30.5 Å². The van der Waals surface area contributed by atoms with E-state index < -0.39 is 6.10 Å². The second kappa shape index (κ2) is 5.27. The molecule has 5 rings (SSSR count). The molecule has 4 N–H and O–H groups in total. The topological polar surface area (TPSA) is 115 Å². The van der Waals surface area contributed by atoms with Crippen molar-refractivity contribution in [3.05, 3.63) is 36.7 Å². The molecule has 1 aromatic carbocycles. The average Bonchev–Trinajstić information content (AvgIpc) is 3.34. The maximum Gasteiger partial charge on any atom is 0.135 e. The molecular formula is C17H16N6O2. The third-order valence-corrected chi connectivity index (χ3v) is 4.67. The number of H-pyrrole nitrogens is 1. The molecule has 4 aromatic rings. The van der Waals surface area contributed by atoms with E-state index in [9.17, 15) is 5.11 Å². The quantitative estimate of drug-likeness (QED) is 0.511. The lowest BCUT2D eigenvalue weighted by molar-refractivity contribution is 0.118. The number of aromatic amines is 1. The molecule has 8 heteroatoms. The van der Waals surface area contributed by atoms with Gasteiger partial charge in [0, 0.05) is 23.3 Å². The predicted octanol–water partition coefficient (Wildman–Crippen LogP) is 1.49. The zero-order valence-corrected chi connectivity index (χ0v) is 13.3. The third-order valence-electron chi connectivity index (χ3n) is 4.67. The smallest absolute Gasteiger partial charge is 0.135 e. The van der Waals surface area contributed by atoms with Gasteiger partial charge in [0.1, 0.15) is 23.5 Å². The van der Waals surface area contributed by atoms with Crippen LogP contribution in [0, 0.1) is 0 Å². The van der Waals surface area contributed by atoms with Crippen LogP contribution in [0.2, 0.25) is 0 Å². The molecule has 0 bridgehead atoms. The molecule has 0 aliphatic carbocycles. The summed E-state index contributed by atoms with van der Waals surface area (Å²) in [7, 11) is 0. The molecule has 1 aliphatic rings. The van der Waals surface area contributed by atoms with Crippen LogP contribution in [0.4, 0.5) is 5.82 Å². The fourth-order valence-corrected chi connectivity index (χ4v) is 3.33. The maximum absolute atomic E-state index is 10.1. The van der Waals surface area contributed by atoms with Gasteiger partial charge in [0.15, 0.2) is 0 Å². The summed E-state index contributed by atoms with van der Waals surface area (Å²) in [5, 5.41) is 23.3. The first-order chi connectivity index (χ1) is 12.2. The van der Waals surface area contributed by atoms with Crippen LogP contribution in [0.5, 0.6) is 0 Å². The second-order valence-corrected chi connectivity index (χ2v) is 6.24. The van der Waals surface area contributed by atoms with E-state index in [-0.39, 0.29) is 6.04 Å². The van der Waals surface area contributed by atoms with Gasteiger partial charge in [0.25, 0.3) is 0 Å². The number of benzene rings is 1. The van der Waals surface area contributed by atoms with Crippen LogP contribution in [0.15, 0.2) is 36.7 Å². The van der Waals surface area contributed by atoms with Crippen LogP contribution in [-0.4, -0.2) is 49.4 Å². The van der Waals surface area contributed by atoms with E-state index in [1.165, 1.54) is 0 Å². The van der Waals surface area contributed by atoms with Crippen molar-refractivity contribution >= 4 is 27.6 Å². The Morgan fingerprint density at radius 1 is 1.24 bits per heavy atom. The number of pyridine rings is 1. The molecule has 0 amide bonds. The lowest BCUT2D eigenvalue weighted by Gasteiger charge is -2.11. The van der Waals surface area contributed by atoms with Gasteiger partial charge in [-0.05, 0) is 18.2 Å². The molecule has 2 atom stereocenters. The average molecular weight is 336 g/mol. The number of nitrogens with one attached hydrogen (secondary N) is 1. The van der Waals surface area contributed by atoms with Crippen molar-refractivity contribution in [1.29, 1.82) is 0 Å². The van der Waals surface area contributed by atoms with Crippen LogP contribution >= 0.6 is 0 Å². The summed E-state index contributed by atoms with van der Waals surface area (Å²) in [6.45, 7) is 0.757. The molecule has 126 valence electrons. The molecule has 0 saturated carbocycles. The van der Waals surface area contributed by atoms with E-state index in [0.717, 1.165) is 33.1 Å². The highest BCUT2D eigenvalue weighted by atomic mass is 16.5. The van der Waals surface area contributed by atoms with E-state index in [2.05, 4.69) is 20.3 Å². The number of aliphatic hydroxyl groups excluding tert-OH is 1. The number of fused-ring (bicyclic) bond motifs is 3. The van der Waals surface area contributed by atoms with Crippen molar-refractivity contribution in [3.8, 4) is 11.3 Å². The van der Waals surface area contributed by atoms with Crippen molar-refractivity contribution in [2.45, 2.75) is 12.1 Å². The van der Waals surface area contributed by atoms with Crippen LogP contribution in [0.1, 0.15) is 6.04 Å². The van der Waals surface area contributed by atoms with Crippen molar-refractivity contribution in [2.75, 3.05) is 18.9 Å². The summed E-state index contributed by atoms with van der Waals surface area (Å²) in [5.74, 6) is 0.420. The largest absolute Gasteiger partial charge is 0.388 e. The Morgan fingerprint density at radius 2 is 2.16 bits per heavy atom. The highest BCUT2D eigenvalue weighted by Gasteiger charge is 2.29. The Balaban J connectivity index is 1.70. The minimum absolute atomic E-state index is 0.203. The van der Waals surface area contributed by atoms with Gasteiger partial charge in [-0.2, -0.15) is 10.2 Å². The predicted molar refractivity (Wildman–Crippen MR) is 92.9 cm³/mol. The van der Waals surface area contributed by atoms with Gasteiger partial charge < -0.3 is 15.6 Å². The maximum atomic E-state index is 10.1. The van der Waals surface area contributed by atoms with Gasteiger partial charge in [-0.25, -0.2) is 4.98 Å². The molecule has 0 spiro atoms. The van der Waals surface area contributed by atoms with E-state index in [0.29, 0.717) is 19.0 Å². The zero-order chi connectivity index (χ0) is 17.0. The Kier molecular flexibility index (Phi) is 3.03. The van der Waals surface area contributed by atoms with Crippen LogP contribution < -0.4 is 5.73 Å². The number of ether oxygens (including phenoxy) is 1. The van der Waals surface area contributed by atoms with E-state index >= 15 is 0 Å². The molecule has 1 saturated heterocycles. The molecule has 1 aliphatic heterocycles. The third kappa shape index (κ3) is 2.19. The van der Waals surface area contributed by atoms with E-state index in [1.54, 1.807) is 10.9 Å². The van der Waals surface area contributed by atoms with Gasteiger partial charge in [0.05, 0.1) is 29.8 Å². The monoisotopic (exact) mass is 336 g/mol. The van der Waals surface area contributed by atoms with Gasteiger partial charge in [-0.1, -0.05) is 6.07 Å². The standard InChI is InChI=1S/C17H16N6O2/c18-17-11-6-23(14-7-25-8-15(14)24)22-16(11)10-2-1-9(5-13(10)20-17)12-3-4-19-21-12/h1-6,14-15,24H,7-8H2,(H2,18,20)(H,19,21). The summed E-state index contributed by atoms with van der Waals surface area (Å²) >= 11 is 0. The fourth-order valence-electron chi connectivity index (χ4n) is 3.33. The molecule has 25 heavy (non-hydrogen) atoms. The summed E-state index contributed by atoms with van der Waals surface area (Å²) in [6.07, 6.45) is 2.98. The first-order valence-electron chi connectivity index (χ1n) is 8.04. The number of aliphatic hydroxyl groups is 1. The molecule has 0 radical (unpaired) electrons. The number of hydrogen-bond donors (Lipinski definition) is 3.